The van der Waals surface area contributed by atoms with Crippen molar-refractivity contribution < 1.29 is 19.1 Å². The van der Waals surface area contributed by atoms with Crippen molar-refractivity contribution in [1.82, 2.24) is 5.32 Å². The molecule has 1 aromatic carbocycles. The molecule has 0 bridgehead atoms. The second-order valence-electron chi connectivity index (χ2n) is 4.31. The summed E-state index contributed by atoms with van der Waals surface area (Å²) in [6, 6.07) is 3.63. The standard InChI is InChI=1S/C13H17FN2O3/c1-3-8(2)11(12(17)18)16-13(19)15-10-6-4-9(14)5-7-10/h4-8,11H,3H2,1-2H3,(H,17,18)(H2,15,16,19)/t8?,11-/m0/s1. The van der Waals surface area contributed by atoms with E-state index in [1.807, 2.05) is 6.92 Å². The highest BCUT2D eigenvalue weighted by atomic mass is 19.1. The molecule has 0 spiro atoms. The number of nitrogens with one attached hydrogen (secondary N) is 2. The number of rotatable bonds is 5. The van der Waals surface area contributed by atoms with Crippen LogP contribution in [0.15, 0.2) is 24.3 Å². The number of benzene rings is 1. The highest BCUT2D eigenvalue weighted by molar-refractivity contribution is 5.92. The van der Waals surface area contributed by atoms with Crippen molar-refractivity contribution in [3.63, 3.8) is 0 Å². The highest BCUT2D eigenvalue weighted by Crippen LogP contribution is 2.10. The van der Waals surface area contributed by atoms with Gasteiger partial charge >= 0.3 is 12.0 Å². The minimum Gasteiger partial charge on any atom is -0.480 e. The van der Waals surface area contributed by atoms with Crippen molar-refractivity contribution in [3.05, 3.63) is 30.1 Å². The van der Waals surface area contributed by atoms with Crippen LogP contribution in [-0.2, 0) is 4.79 Å². The van der Waals surface area contributed by atoms with Gasteiger partial charge < -0.3 is 15.7 Å². The molecule has 1 aromatic rings. The molecule has 5 nitrogen and oxygen atoms in total. The fourth-order valence-electron chi connectivity index (χ4n) is 1.52. The summed E-state index contributed by atoms with van der Waals surface area (Å²) in [6.45, 7) is 3.59. The number of hydrogen-bond donors (Lipinski definition) is 3. The molecule has 0 saturated carbocycles. The van der Waals surface area contributed by atoms with Gasteiger partial charge in [-0.05, 0) is 30.2 Å². The predicted molar refractivity (Wildman–Crippen MR) is 69.4 cm³/mol. The number of anilines is 1. The van der Waals surface area contributed by atoms with Crippen molar-refractivity contribution in [2.24, 2.45) is 5.92 Å². The molecule has 0 saturated heterocycles. The Bertz CT molecular complexity index is 448. The smallest absolute Gasteiger partial charge is 0.326 e. The van der Waals surface area contributed by atoms with Crippen molar-refractivity contribution in [2.75, 3.05) is 5.32 Å². The van der Waals surface area contributed by atoms with Crippen molar-refractivity contribution >= 4 is 17.7 Å². The number of amides is 2. The van der Waals surface area contributed by atoms with Gasteiger partial charge in [0.25, 0.3) is 0 Å². The molecular formula is C13H17FN2O3. The largest absolute Gasteiger partial charge is 0.480 e. The van der Waals surface area contributed by atoms with Crippen molar-refractivity contribution in [3.8, 4) is 0 Å². The first kappa shape index (κ1) is 14.9. The summed E-state index contributed by atoms with van der Waals surface area (Å²) in [5.74, 6) is -1.67. The minimum absolute atomic E-state index is 0.184. The Labute approximate surface area is 110 Å². The quantitative estimate of drug-likeness (QED) is 0.767. The van der Waals surface area contributed by atoms with Crippen LogP contribution < -0.4 is 10.6 Å². The maximum atomic E-state index is 12.7. The first-order valence-corrected chi connectivity index (χ1v) is 6.00. The molecule has 1 rings (SSSR count). The zero-order valence-electron chi connectivity index (χ0n) is 10.8. The van der Waals surface area contributed by atoms with Gasteiger partial charge in [-0.1, -0.05) is 20.3 Å². The third-order valence-electron chi connectivity index (χ3n) is 2.87. The Morgan fingerprint density at radius 1 is 1.32 bits per heavy atom. The van der Waals surface area contributed by atoms with Crippen LogP contribution in [0.5, 0.6) is 0 Å². The van der Waals surface area contributed by atoms with Crippen molar-refractivity contribution in [2.45, 2.75) is 26.3 Å². The molecule has 0 heterocycles. The van der Waals surface area contributed by atoms with Crippen LogP contribution in [0.25, 0.3) is 0 Å². The fourth-order valence-corrected chi connectivity index (χ4v) is 1.52. The number of carbonyl (C=O) groups is 2. The number of aliphatic carboxylic acids is 1. The number of halogens is 1. The molecule has 2 atom stereocenters. The Morgan fingerprint density at radius 2 is 1.89 bits per heavy atom. The van der Waals surface area contributed by atoms with E-state index < -0.39 is 23.9 Å². The fraction of sp³-hybridized carbons (Fsp3) is 0.385. The molecule has 0 radical (unpaired) electrons. The molecule has 3 N–H and O–H groups in total. The first-order chi connectivity index (χ1) is 8.93. The molecule has 0 aliphatic heterocycles. The van der Waals surface area contributed by atoms with Crippen LogP contribution in [-0.4, -0.2) is 23.1 Å². The first-order valence-electron chi connectivity index (χ1n) is 6.00. The molecule has 6 heteroatoms. The summed E-state index contributed by atoms with van der Waals surface area (Å²) in [4.78, 5) is 22.7. The summed E-state index contributed by atoms with van der Waals surface area (Å²) < 4.78 is 12.7. The van der Waals surface area contributed by atoms with E-state index in [2.05, 4.69) is 10.6 Å². The van der Waals surface area contributed by atoms with Gasteiger partial charge in [0.2, 0.25) is 0 Å². The van der Waals surface area contributed by atoms with Crippen LogP contribution >= 0.6 is 0 Å². The van der Waals surface area contributed by atoms with Gasteiger partial charge in [0.1, 0.15) is 11.9 Å². The Hall–Kier alpha value is -2.11. The monoisotopic (exact) mass is 268 g/mol. The number of carboxylic acid groups (broad SMARTS) is 1. The lowest BCUT2D eigenvalue weighted by Gasteiger charge is -2.20. The van der Waals surface area contributed by atoms with Crippen LogP contribution in [0.2, 0.25) is 0 Å². The minimum atomic E-state index is -1.08. The molecule has 104 valence electrons. The summed E-state index contributed by atoms with van der Waals surface area (Å²) in [7, 11) is 0. The van der Waals surface area contributed by atoms with Crippen LogP contribution in [0.1, 0.15) is 20.3 Å². The van der Waals surface area contributed by atoms with Gasteiger partial charge in [-0.25, -0.2) is 14.0 Å². The van der Waals surface area contributed by atoms with Gasteiger partial charge in [-0.3, -0.25) is 0 Å². The topological polar surface area (TPSA) is 78.4 Å². The lowest BCUT2D eigenvalue weighted by molar-refractivity contribution is -0.140. The van der Waals surface area contributed by atoms with Crippen molar-refractivity contribution in [1.29, 1.82) is 0 Å². The molecule has 1 unspecified atom stereocenters. The zero-order chi connectivity index (χ0) is 14.4. The highest BCUT2D eigenvalue weighted by Gasteiger charge is 2.25. The molecule has 0 aliphatic rings. The molecule has 0 aliphatic carbocycles. The number of carboxylic acids is 1. The lowest BCUT2D eigenvalue weighted by Crippen LogP contribution is -2.46. The van der Waals surface area contributed by atoms with Gasteiger partial charge in [0.15, 0.2) is 0 Å². The third kappa shape index (κ3) is 4.57. The predicted octanol–water partition coefficient (Wildman–Crippen LogP) is 2.45. The SMILES string of the molecule is CCC(C)[C@H](NC(=O)Nc1ccc(F)cc1)C(=O)O. The van der Waals surface area contributed by atoms with E-state index in [-0.39, 0.29) is 5.92 Å². The number of carbonyl (C=O) groups excluding carboxylic acids is 1. The second-order valence-corrected chi connectivity index (χ2v) is 4.31. The van der Waals surface area contributed by atoms with Crippen LogP contribution in [0.3, 0.4) is 0 Å². The van der Waals surface area contributed by atoms with Gasteiger partial charge in [0, 0.05) is 5.69 Å². The molecular weight excluding hydrogens is 251 g/mol. The maximum Gasteiger partial charge on any atom is 0.326 e. The van der Waals surface area contributed by atoms with E-state index in [1.54, 1.807) is 6.92 Å². The van der Waals surface area contributed by atoms with Crippen LogP contribution in [0, 0.1) is 11.7 Å². The summed E-state index contributed by atoms with van der Waals surface area (Å²) in [5.41, 5.74) is 0.396. The van der Waals surface area contributed by atoms with E-state index >= 15 is 0 Å². The molecule has 19 heavy (non-hydrogen) atoms. The average Bonchev–Trinajstić information content (AvgIpc) is 2.37. The van der Waals surface area contributed by atoms with Gasteiger partial charge in [-0.2, -0.15) is 0 Å². The normalized spacial score (nSPS) is 13.4. The summed E-state index contributed by atoms with van der Waals surface area (Å²) in [5, 5.41) is 13.9. The summed E-state index contributed by atoms with van der Waals surface area (Å²) >= 11 is 0. The third-order valence-corrected chi connectivity index (χ3v) is 2.87. The molecule has 0 aromatic heterocycles. The van der Waals surface area contributed by atoms with E-state index in [0.717, 1.165) is 0 Å². The van der Waals surface area contributed by atoms with E-state index in [9.17, 15) is 14.0 Å². The molecule has 0 fully saturated rings. The van der Waals surface area contributed by atoms with E-state index in [0.29, 0.717) is 12.1 Å². The molecule has 2 amide bonds. The average molecular weight is 268 g/mol. The lowest BCUT2D eigenvalue weighted by atomic mass is 9.99. The Kier molecular flexibility index (Phi) is 5.29. The van der Waals surface area contributed by atoms with E-state index in [4.69, 9.17) is 5.11 Å². The summed E-state index contributed by atoms with van der Waals surface area (Å²) in [6.07, 6.45) is 0.633. The van der Waals surface area contributed by atoms with Gasteiger partial charge in [0.05, 0.1) is 0 Å². The number of hydrogen-bond acceptors (Lipinski definition) is 2. The number of urea groups is 1. The zero-order valence-corrected chi connectivity index (χ0v) is 10.8. The van der Waals surface area contributed by atoms with Gasteiger partial charge in [-0.15, -0.1) is 0 Å². The Balaban J connectivity index is 2.62. The Morgan fingerprint density at radius 3 is 2.37 bits per heavy atom. The van der Waals surface area contributed by atoms with Crippen LogP contribution in [0.4, 0.5) is 14.9 Å². The second kappa shape index (κ2) is 6.72. The van der Waals surface area contributed by atoms with E-state index in [1.165, 1.54) is 24.3 Å². The maximum absolute atomic E-state index is 12.7.